The van der Waals surface area contributed by atoms with Gasteiger partial charge in [-0.1, -0.05) is 11.2 Å². The molecule has 0 bridgehead atoms. The highest BCUT2D eigenvalue weighted by Gasteiger charge is 2.27. The van der Waals surface area contributed by atoms with E-state index in [4.69, 9.17) is 14.0 Å². The van der Waals surface area contributed by atoms with Crippen LogP contribution in [0.25, 0.3) is 11.3 Å². The number of amides is 1. The zero-order chi connectivity index (χ0) is 25.1. The molecular formula is C25H21FN6O4. The van der Waals surface area contributed by atoms with E-state index >= 15 is 0 Å². The maximum atomic E-state index is 13.6. The Morgan fingerprint density at radius 2 is 2.08 bits per heavy atom. The van der Waals surface area contributed by atoms with Crippen molar-refractivity contribution in [3.63, 3.8) is 0 Å². The van der Waals surface area contributed by atoms with Crippen molar-refractivity contribution in [3.8, 4) is 17.1 Å². The van der Waals surface area contributed by atoms with Crippen LogP contribution in [0.4, 0.5) is 4.39 Å². The molecule has 10 nitrogen and oxygen atoms in total. The molecule has 0 aliphatic carbocycles. The highest BCUT2D eigenvalue weighted by Crippen LogP contribution is 2.29. The Kier molecular flexibility index (Phi) is 6.35. The number of rotatable bonds is 7. The maximum absolute atomic E-state index is 13.6. The first-order valence-electron chi connectivity index (χ1n) is 11.0. The normalized spacial score (nSPS) is 14.8. The van der Waals surface area contributed by atoms with E-state index in [2.05, 4.69) is 30.4 Å². The van der Waals surface area contributed by atoms with Crippen LogP contribution in [-0.4, -0.2) is 38.7 Å². The second-order valence-electron chi connectivity index (χ2n) is 8.01. The SMILES string of the molecule is COc1cc(CNC(=O)c2cc(C3=NOC(c4ccc(-c5cnco5)cn4)C3)nc(C)n2)ccc1F. The smallest absolute Gasteiger partial charge is 0.270 e. The van der Waals surface area contributed by atoms with Crippen LogP contribution >= 0.6 is 0 Å². The topological polar surface area (TPSA) is 125 Å². The van der Waals surface area contributed by atoms with Gasteiger partial charge in [-0.25, -0.2) is 19.3 Å². The number of nitrogens with one attached hydrogen (secondary N) is 1. The van der Waals surface area contributed by atoms with E-state index < -0.39 is 11.7 Å². The van der Waals surface area contributed by atoms with Crippen molar-refractivity contribution in [3.05, 3.63) is 89.5 Å². The molecule has 5 rings (SSSR count). The number of carbonyl (C=O) groups is 1. The molecule has 1 N–H and O–H groups in total. The van der Waals surface area contributed by atoms with Gasteiger partial charge in [0.2, 0.25) is 0 Å². The number of nitrogens with zero attached hydrogens (tertiary/aromatic N) is 5. The van der Waals surface area contributed by atoms with Crippen LogP contribution in [-0.2, 0) is 11.4 Å². The Morgan fingerprint density at radius 1 is 1.19 bits per heavy atom. The molecule has 3 aromatic heterocycles. The highest BCUT2D eigenvalue weighted by molar-refractivity contribution is 6.02. The van der Waals surface area contributed by atoms with Gasteiger partial charge in [-0.15, -0.1) is 0 Å². The van der Waals surface area contributed by atoms with Gasteiger partial charge in [0.05, 0.1) is 24.7 Å². The number of aryl methyl sites for hydroxylation is 1. The summed E-state index contributed by atoms with van der Waals surface area (Å²) in [4.78, 5) is 35.4. The second kappa shape index (κ2) is 9.90. The second-order valence-corrected chi connectivity index (χ2v) is 8.01. The van der Waals surface area contributed by atoms with Crippen molar-refractivity contribution < 1.29 is 23.2 Å². The molecule has 1 unspecified atom stereocenters. The third-order valence-electron chi connectivity index (χ3n) is 5.54. The fourth-order valence-corrected chi connectivity index (χ4v) is 3.71. The van der Waals surface area contributed by atoms with Crippen LogP contribution in [0.2, 0.25) is 0 Å². The maximum Gasteiger partial charge on any atom is 0.270 e. The van der Waals surface area contributed by atoms with Crippen LogP contribution in [0.15, 0.2) is 64.8 Å². The van der Waals surface area contributed by atoms with E-state index in [0.717, 1.165) is 5.56 Å². The molecule has 1 amide bonds. The minimum Gasteiger partial charge on any atom is -0.494 e. The van der Waals surface area contributed by atoms with Gasteiger partial charge in [0, 0.05) is 24.7 Å². The molecule has 4 heterocycles. The monoisotopic (exact) mass is 488 g/mol. The van der Waals surface area contributed by atoms with E-state index in [9.17, 15) is 9.18 Å². The van der Waals surface area contributed by atoms with Crippen molar-refractivity contribution in [2.75, 3.05) is 7.11 Å². The van der Waals surface area contributed by atoms with E-state index in [0.29, 0.717) is 40.7 Å². The molecule has 4 aromatic rings. The van der Waals surface area contributed by atoms with Crippen LogP contribution in [0, 0.1) is 12.7 Å². The van der Waals surface area contributed by atoms with Gasteiger partial charge in [0.1, 0.15) is 17.2 Å². The summed E-state index contributed by atoms with van der Waals surface area (Å²) in [6.07, 6.45) is 4.71. The summed E-state index contributed by atoms with van der Waals surface area (Å²) < 4.78 is 23.9. The van der Waals surface area contributed by atoms with Crippen LogP contribution in [0.1, 0.15) is 45.8 Å². The summed E-state index contributed by atoms with van der Waals surface area (Å²) >= 11 is 0. The van der Waals surface area contributed by atoms with E-state index in [1.807, 2.05) is 12.1 Å². The predicted molar refractivity (Wildman–Crippen MR) is 126 cm³/mol. The Labute approximate surface area is 205 Å². The van der Waals surface area contributed by atoms with Crippen molar-refractivity contribution in [2.45, 2.75) is 26.0 Å². The van der Waals surface area contributed by atoms with E-state index in [1.54, 1.807) is 31.5 Å². The first-order chi connectivity index (χ1) is 17.5. The van der Waals surface area contributed by atoms with Crippen LogP contribution in [0.5, 0.6) is 5.75 Å². The van der Waals surface area contributed by atoms with Gasteiger partial charge in [-0.2, -0.15) is 0 Å². The number of methoxy groups -OCH3 is 1. The fourth-order valence-electron chi connectivity index (χ4n) is 3.71. The zero-order valence-corrected chi connectivity index (χ0v) is 19.4. The Morgan fingerprint density at radius 3 is 2.83 bits per heavy atom. The summed E-state index contributed by atoms with van der Waals surface area (Å²) in [6, 6.07) is 9.68. The lowest BCUT2D eigenvalue weighted by molar-refractivity contribution is 0.0826. The number of carbonyl (C=O) groups excluding carboxylic acids is 1. The van der Waals surface area contributed by atoms with E-state index in [-0.39, 0.29) is 24.1 Å². The number of benzene rings is 1. The third kappa shape index (κ3) is 4.90. The third-order valence-corrected chi connectivity index (χ3v) is 5.54. The molecule has 1 aliphatic heterocycles. The van der Waals surface area contributed by atoms with Gasteiger partial charge < -0.3 is 19.3 Å². The van der Waals surface area contributed by atoms with E-state index in [1.165, 1.54) is 25.6 Å². The van der Waals surface area contributed by atoms with Gasteiger partial charge >= 0.3 is 0 Å². The summed E-state index contributed by atoms with van der Waals surface area (Å²) in [5, 5.41) is 6.96. The van der Waals surface area contributed by atoms with Crippen molar-refractivity contribution in [1.82, 2.24) is 25.3 Å². The molecule has 0 fully saturated rings. The first-order valence-corrected chi connectivity index (χ1v) is 11.0. The fraction of sp³-hybridized carbons (Fsp3) is 0.200. The molecule has 0 saturated heterocycles. The summed E-state index contributed by atoms with van der Waals surface area (Å²) in [5.74, 6) is 0.284. The number of ether oxygens (including phenoxy) is 1. The molecule has 36 heavy (non-hydrogen) atoms. The quantitative estimate of drug-likeness (QED) is 0.417. The predicted octanol–water partition coefficient (Wildman–Crippen LogP) is 3.78. The zero-order valence-electron chi connectivity index (χ0n) is 19.4. The lowest BCUT2D eigenvalue weighted by Gasteiger charge is -2.09. The molecule has 1 aliphatic rings. The van der Waals surface area contributed by atoms with Crippen molar-refractivity contribution >= 4 is 11.6 Å². The average molecular weight is 488 g/mol. The standard InChI is InChI=1S/C25H21FN6O4/c1-14-30-19(8-21(31-14)25(33)29-10-15-3-5-17(26)22(7-15)34-2)20-9-23(36-32-20)18-6-4-16(11-28-18)24-12-27-13-35-24/h3-8,11-13,23H,9-10H2,1-2H3,(H,29,33). The molecular weight excluding hydrogens is 467 g/mol. The average Bonchev–Trinajstić information content (AvgIpc) is 3.61. The molecule has 0 radical (unpaired) electrons. The van der Waals surface area contributed by atoms with Gasteiger partial charge in [-0.05, 0) is 42.8 Å². The number of aromatic nitrogens is 4. The molecule has 1 atom stereocenters. The Hall–Kier alpha value is -4.67. The van der Waals surface area contributed by atoms with Crippen molar-refractivity contribution in [1.29, 1.82) is 0 Å². The number of pyridine rings is 1. The highest BCUT2D eigenvalue weighted by atomic mass is 19.1. The molecule has 182 valence electrons. The lowest BCUT2D eigenvalue weighted by Crippen LogP contribution is -2.25. The Bertz CT molecular complexity index is 1420. The Balaban J connectivity index is 1.25. The van der Waals surface area contributed by atoms with Crippen LogP contribution in [0.3, 0.4) is 0 Å². The number of halogens is 1. The molecule has 0 spiro atoms. The molecule has 1 aromatic carbocycles. The summed E-state index contributed by atoms with van der Waals surface area (Å²) in [6.45, 7) is 1.87. The number of hydrogen-bond acceptors (Lipinski definition) is 9. The largest absolute Gasteiger partial charge is 0.494 e. The van der Waals surface area contributed by atoms with Gasteiger partial charge in [-0.3, -0.25) is 9.78 Å². The minimum atomic E-state index is -0.470. The number of oxazole rings is 1. The minimum absolute atomic E-state index is 0.109. The lowest BCUT2D eigenvalue weighted by atomic mass is 10.1. The number of hydrogen-bond donors (Lipinski definition) is 1. The van der Waals surface area contributed by atoms with Crippen molar-refractivity contribution in [2.24, 2.45) is 5.16 Å². The molecule has 11 heteroatoms. The summed E-state index contributed by atoms with van der Waals surface area (Å²) in [7, 11) is 1.38. The van der Waals surface area contributed by atoms with Gasteiger partial charge in [0.25, 0.3) is 5.91 Å². The summed E-state index contributed by atoms with van der Waals surface area (Å²) in [5.41, 5.74) is 3.46. The molecule has 0 saturated carbocycles. The first kappa shape index (κ1) is 23.1. The van der Waals surface area contributed by atoms with Gasteiger partial charge in [0.15, 0.2) is 29.8 Å². The number of oxime groups is 1. The van der Waals surface area contributed by atoms with Crippen LogP contribution < -0.4 is 10.1 Å².